The summed E-state index contributed by atoms with van der Waals surface area (Å²) in [7, 11) is -1.87. The van der Waals surface area contributed by atoms with Crippen LogP contribution in [0.4, 0.5) is 0 Å². The quantitative estimate of drug-likeness (QED) is 0.686. The Bertz CT molecular complexity index is 464. The lowest BCUT2D eigenvalue weighted by atomic mass is 9.84. The molecule has 0 spiro atoms. The third-order valence-electron chi connectivity index (χ3n) is 5.64. The molecule has 2 rings (SSSR count). The van der Waals surface area contributed by atoms with Crippen LogP contribution in [0, 0.1) is 5.92 Å². The molecule has 2 unspecified atom stereocenters. The summed E-state index contributed by atoms with van der Waals surface area (Å²) in [5, 5.41) is 3.27. The highest BCUT2D eigenvalue weighted by atomic mass is 32.1. The van der Waals surface area contributed by atoms with E-state index < -0.39 is 8.32 Å². The lowest BCUT2D eigenvalue weighted by Gasteiger charge is -2.40. The Morgan fingerprint density at radius 2 is 1.96 bits per heavy atom. The molecule has 2 atom stereocenters. The van der Waals surface area contributed by atoms with Crippen LogP contribution in [0.15, 0.2) is 11.6 Å². The van der Waals surface area contributed by atoms with Gasteiger partial charge in [0, 0.05) is 17.6 Å². The fourth-order valence-corrected chi connectivity index (χ4v) is 5.22. The Labute approximate surface area is 147 Å². The monoisotopic (exact) mass is 354 g/mol. The SMILES string of the molecule is CC(C)(C)[Si](C)(C)OC(c1nccs1)C(N)CC1CCCCC1. The summed E-state index contributed by atoms with van der Waals surface area (Å²) in [6.07, 6.45) is 9.68. The van der Waals surface area contributed by atoms with Gasteiger partial charge < -0.3 is 10.2 Å². The van der Waals surface area contributed by atoms with E-state index in [1.807, 2.05) is 11.6 Å². The molecule has 1 aliphatic carbocycles. The molecule has 1 fully saturated rings. The van der Waals surface area contributed by atoms with Gasteiger partial charge in [0.05, 0.1) is 0 Å². The van der Waals surface area contributed by atoms with Crippen LogP contribution in [-0.4, -0.2) is 19.3 Å². The van der Waals surface area contributed by atoms with Gasteiger partial charge in [-0.15, -0.1) is 11.3 Å². The van der Waals surface area contributed by atoms with E-state index in [1.54, 1.807) is 11.3 Å². The van der Waals surface area contributed by atoms with E-state index in [-0.39, 0.29) is 17.2 Å². The number of hydrogen-bond acceptors (Lipinski definition) is 4. The van der Waals surface area contributed by atoms with Crippen molar-refractivity contribution in [3.63, 3.8) is 0 Å². The van der Waals surface area contributed by atoms with Crippen LogP contribution >= 0.6 is 11.3 Å². The third-order valence-corrected chi connectivity index (χ3v) is 10.9. The van der Waals surface area contributed by atoms with Gasteiger partial charge in [0.2, 0.25) is 0 Å². The van der Waals surface area contributed by atoms with E-state index in [2.05, 4.69) is 38.8 Å². The molecule has 1 saturated carbocycles. The predicted octanol–water partition coefficient (Wildman–Crippen LogP) is 5.50. The second kappa shape index (κ2) is 7.77. The second-order valence-electron chi connectivity index (χ2n) is 8.57. The zero-order valence-corrected chi connectivity index (χ0v) is 17.3. The summed E-state index contributed by atoms with van der Waals surface area (Å²) >= 11 is 1.68. The molecule has 23 heavy (non-hydrogen) atoms. The van der Waals surface area contributed by atoms with Gasteiger partial charge >= 0.3 is 0 Å². The first-order valence-corrected chi connectivity index (χ1v) is 12.8. The summed E-state index contributed by atoms with van der Waals surface area (Å²) in [4.78, 5) is 4.53. The van der Waals surface area contributed by atoms with Crippen molar-refractivity contribution in [2.75, 3.05) is 0 Å². The summed E-state index contributed by atoms with van der Waals surface area (Å²) < 4.78 is 6.71. The minimum atomic E-state index is -1.87. The number of rotatable bonds is 6. The number of aromatic nitrogens is 1. The number of nitrogens with two attached hydrogens (primary N) is 1. The number of hydrogen-bond donors (Lipinski definition) is 1. The predicted molar refractivity (Wildman–Crippen MR) is 102 cm³/mol. The Morgan fingerprint density at radius 3 is 2.48 bits per heavy atom. The van der Waals surface area contributed by atoms with Crippen LogP contribution in [0.3, 0.4) is 0 Å². The highest BCUT2D eigenvalue weighted by molar-refractivity contribution is 7.09. The fourth-order valence-electron chi connectivity index (χ4n) is 3.12. The minimum absolute atomic E-state index is 0.0437. The summed E-state index contributed by atoms with van der Waals surface area (Å²) in [6.45, 7) is 11.5. The van der Waals surface area contributed by atoms with Gasteiger partial charge in [0.25, 0.3) is 0 Å². The lowest BCUT2D eigenvalue weighted by Crippen LogP contribution is -2.46. The molecule has 2 N–H and O–H groups in total. The fraction of sp³-hybridized carbons (Fsp3) is 0.833. The first-order valence-electron chi connectivity index (χ1n) is 9.03. The van der Waals surface area contributed by atoms with Gasteiger partial charge in [-0.3, -0.25) is 0 Å². The van der Waals surface area contributed by atoms with Gasteiger partial charge in [-0.05, 0) is 30.5 Å². The maximum absolute atomic E-state index is 6.71. The van der Waals surface area contributed by atoms with Crippen LogP contribution < -0.4 is 5.73 Å². The number of thiazole rings is 1. The molecule has 0 amide bonds. The van der Waals surface area contributed by atoms with Crippen LogP contribution in [-0.2, 0) is 4.43 Å². The van der Waals surface area contributed by atoms with Crippen LogP contribution in [0.5, 0.6) is 0 Å². The van der Waals surface area contributed by atoms with Crippen molar-refractivity contribution < 1.29 is 4.43 Å². The molecule has 5 heteroatoms. The molecule has 1 heterocycles. The molecular weight excluding hydrogens is 320 g/mol. The van der Waals surface area contributed by atoms with Crippen molar-refractivity contribution >= 4 is 19.7 Å². The Morgan fingerprint density at radius 1 is 1.30 bits per heavy atom. The molecule has 0 radical (unpaired) electrons. The Hall–Kier alpha value is -0.233. The molecule has 1 aliphatic rings. The van der Waals surface area contributed by atoms with Gasteiger partial charge in [0.15, 0.2) is 8.32 Å². The van der Waals surface area contributed by atoms with Crippen molar-refractivity contribution in [2.45, 2.75) is 89.6 Å². The van der Waals surface area contributed by atoms with Crippen molar-refractivity contribution in [3.05, 3.63) is 16.6 Å². The normalized spacial score (nSPS) is 20.4. The summed E-state index contributed by atoms with van der Waals surface area (Å²) in [5.41, 5.74) is 6.65. The van der Waals surface area contributed by atoms with Crippen molar-refractivity contribution in [2.24, 2.45) is 11.7 Å². The van der Waals surface area contributed by atoms with Gasteiger partial charge in [-0.25, -0.2) is 4.98 Å². The molecule has 1 aromatic rings. The highest BCUT2D eigenvalue weighted by Gasteiger charge is 2.41. The maximum Gasteiger partial charge on any atom is 0.193 e. The van der Waals surface area contributed by atoms with Crippen molar-refractivity contribution in [3.8, 4) is 0 Å². The zero-order chi connectivity index (χ0) is 17.1. The van der Waals surface area contributed by atoms with Gasteiger partial charge in [0.1, 0.15) is 11.1 Å². The largest absolute Gasteiger partial charge is 0.406 e. The summed E-state index contributed by atoms with van der Waals surface area (Å²) in [6, 6.07) is 0.0541. The maximum atomic E-state index is 6.71. The van der Waals surface area contributed by atoms with E-state index in [0.717, 1.165) is 17.3 Å². The van der Waals surface area contributed by atoms with E-state index in [1.165, 1.54) is 32.1 Å². The Kier molecular flexibility index (Phi) is 6.45. The van der Waals surface area contributed by atoms with Crippen LogP contribution in [0.25, 0.3) is 0 Å². The smallest absolute Gasteiger partial charge is 0.193 e. The topological polar surface area (TPSA) is 48.1 Å². The minimum Gasteiger partial charge on any atom is -0.406 e. The van der Waals surface area contributed by atoms with E-state index in [4.69, 9.17) is 10.2 Å². The molecule has 1 aromatic heterocycles. The molecular formula is C18H34N2OSSi. The average Bonchev–Trinajstić information content (AvgIpc) is 2.98. The Balaban J connectivity index is 2.11. The molecule has 0 bridgehead atoms. The zero-order valence-electron chi connectivity index (χ0n) is 15.5. The van der Waals surface area contributed by atoms with E-state index in [9.17, 15) is 0 Å². The van der Waals surface area contributed by atoms with Crippen LogP contribution in [0.2, 0.25) is 18.1 Å². The van der Waals surface area contributed by atoms with Crippen LogP contribution in [0.1, 0.15) is 70.4 Å². The summed E-state index contributed by atoms with van der Waals surface area (Å²) in [5.74, 6) is 0.768. The van der Waals surface area contributed by atoms with Gasteiger partial charge in [-0.2, -0.15) is 0 Å². The van der Waals surface area contributed by atoms with Crippen molar-refractivity contribution in [1.82, 2.24) is 4.98 Å². The molecule has 3 nitrogen and oxygen atoms in total. The highest BCUT2D eigenvalue weighted by Crippen LogP contribution is 2.41. The van der Waals surface area contributed by atoms with E-state index >= 15 is 0 Å². The first kappa shape index (κ1) is 19.1. The standard InChI is InChI=1S/C18H34N2OSSi/c1-18(2,3)23(4,5)21-16(17-20-11-12-22-17)15(19)13-14-9-7-6-8-10-14/h11-12,14-16H,6-10,13,19H2,1-5H3. The first-order chi connectivity index (χ1) is 10.7. The third kappa shape index (κ3) is 5.12. The molecule has 0 saturated heterocycles. The van der Waals surface area contributed by atoms with E-state index in [0.29, 0.717) is 0 Å². The number of nitrogens with zero attached hydrogens (tertiary/aromatic N) is 1. The van der Waals surface area contributed by atoms with Gasteiger partial charge in [-0.1, -0.05) is 52.9 Å². The van der Waals surface area contributed by atoms with Crippen molar-refractivity contribution in [1.29, 1.82) is 0 Å². The average molecular weight is 355 g/mol. The molecule has 132 valence electrons. The lowest BCUT2D eigenvalue weighted by molar-refractivity contribution is 0.135. The second-order valence-corrected chi connectivity index (χ2v) is 14.3. The molecule has 0 aliphatic heterocycles. The molecule has 0 aromatic carbocycles.